The van der Waals surface area contributed by atoms with Crippen molar-refractivity contribution in [2.24, 2.45) is 5.41 Å². The van der Waals surface area contributed by atoms with Crippen LogP contribution in [0.2, 0.25) is 0 Å². The Morgan fingerprint density at radius 1 is 1.27 bits per heavy atom. The molecule has 1 aliphatic heterocycles. The molecule has 1 heterocycles. The molecule has 1 N–H and O–H groups in total. The molecule has 2 fully saturated rings. The second kappa shape index (κ2) is 4.40. The van der Waals surface area contributed by atoms with Crippen molar-refractivity contribution in [3.05, 3.63) is 0 Å². The van der Waals surface area contributed by atoms with E-state index in [2.05, 4.69) is 19.2 Å². The molecule has 3 heteroatoms. The van der Waals surface area contributed by atoms with Gasteiger partial charge in [-0.2, -0.15) is 0 Å². The molecule has 2 atom stereocenters. The van der Waals surface area contributed by atoms with Crippen LogP contribution in [0.4, 0.5) is 0 Å². The Morgan fingerprint density at radius 3 is 2.47 bits per heavy atom. The molecule has 0 amide bonds. The molecule has 0 aromatic rings. The van der Waals surface area contributed by atoms with Gasteiger partial charge in [0.2, 0.25) is 0 Å². The molecule has 1 saturated carbocycles. The highest BCUT2D eigenvalue weighted by atomic mass is 16.5. The van der Waals surface area contributed by atoms with Crippen LogP contribution in [0.15, 0.2) is 0 Å². The minimum absolute atomic E-state index is 0.285. The van der Waals surface area contributed by atoms with Crippen molar-refractivity contribution < 1.29 is 9.47 Å². The van der Waals surface area contributed by atoms with Crippen LogP contribution >= 0.6 is 0 Å². The van der Waals surface area contributed by atoms with Gasteiger partial charge in [0.15, 0.2) is 0 Å². The van der Waals surface area contributed by atoms with Gasteiger partial charge in [-0.15, -0.1) is 0 Å². The summed E-state index contributed by atoms with van der Waals surface area (Å²) in [6, 6.07) is 0.613. The Hall–Kier alpha value is -0.120. The summed E-state index contributed by atoms with van der Waals surface area (Å²) in [4.78, 5) is 0. The Labute approximate surface area is 92.5 Å². The van der Waals surface area contributed by atoms with Crippen LogP contribution in [0.3, 0.4) is 0 Å². The van der Waals surface area contributed by atoms with Gasteiger partial charge in [0.05, 0.1) is 12.2 Å². The van der Waals surface area contributed by atoms with Gasteiger partial charge < -0.3 is 14.8 Å². The number of rotatable bonds is 3. The molecule has 0 spiro atoms. The molecule has 2 rings (SSSR count). The Bertz CT molecular complexity index is 212. The van der Waals surface area contributed by atoms with E-state index < -0.39 is 0 Å². The molecule has 15 heavy (non-hydrogen) atoms. The van der Waals surface area contributed by atoms with Crippen molar-refractivity contribution in [2.75, 3.05) is 20.3 Å². The predicted octanol–water partition coefficient (Wildman–Crippen LogP) is 1.57. The first-order chi connectivity index (χ1) is 7.14. The number of hydrogen-bond donors (Lipinski definition) is 1. The summed E-state index contributed by atoms with van der Waals surface area (Å²) in [5.41, 5.74) is 0.285. The van der Waals surface area contributed by atoms with E-state index in [0.717, 1.165) is 32.5 Å². The minimum Gasteiger partial charge on any atom is -0.381 e. The Balaban J connectivity index is 1.81. The van der Waals surface area contributed by atoms with E-state index >= 15 is 0 Å². The van der Waals surface area contributed by atoms with Gasteiger partial charge in [0.25, 0.3) is 0 Å². The van der Waals surface area contributed by atoms with Gasteiger partial charge in [-0.3, -0.25) is 0 Å². The van der Waals surface area contributed by atoms with Crippen molar-refractivity contribution in [3.63, 3.8) is 0 Å². The fraction of sp³-hybridized carbons (Fsp3) is 1.00. The highest BCUT2D eigenvalue weighted by molar-refractivity contribution is 5.02. The summed E-state index contributed by atoms with van der Waals surface area (Å²) in [5.74, 6) is 0. The monoisotopic (exact) mass is 213 g/mol. The second-order valence-electron chi connectivity index (χ2n) is 5.33. The van der Waals surface area contributed by atoms with Crippen LogP contribution in [-0.2, 0) is 9.47 Å². The standard InChI is InChI=1S/C12H23NO2/c1-12(2)10(13-3)8-11(12)15-9-4-6-14-7-5-9/h9-11,13H,4-8H2,1-3H3. The van der Waals surface area contributed by atoms with Gasteiger partial charge in [-0.25, -0.2) is 0 Å². The lowest BCUT2D eigenvalue weighted by molar-refractivity contribution is -0.163. The van der Waals surface area contributed by atoms with Crippen molar-refractivity contribution in [1.82, 2.24) is 5.32 Å². The molecular formula is C12H23NO2. The average Bonchev–Trinajstić information content (AvgIpc) is 2.25. The first kappa shape index (κ1) is 11.4. The van der Waals surface area contributed by atoms with E-state index in [1.807, 2.05) is 7.05 Å². The maximum Gasteiger partial charge on any atom is 0.0659 e. The van der Waals surface area contributed by atoms with E-state index in [-0.39, 0.29) is 5.41 Å². The lowest BCUT2D eigenvalue weighted by Crippen LogP contribution is -2.60. The molecule has 88 valence electrons. The van der Waals surface area contributed by atoms with Crippen LogP contribution in [0, 0.1) is 5.41 Å². The maximum absolute atomic E-state index is 6.15. The van der Waals surface area contributed by atoms with Crippen LogP contribution in [0.5, 0.6) is 0 Å². The number of ether oxygens (including phenoxy) is 2. The molecule has 2 unspecified atom stereocenters. The molecule has 0 radical (unpaired) electrons. The normalized spacial score (nSPS) is 36.2. The minimum atomic E-state index is 0.285. The van der Waals surface area contributed by atoms with Crippen LogP contribution in [-0.4, -0.2) is 38.5 Å². The summed E-state index contributed by atoms with van der Waals surface area (Å²) >= 11 is 0. The molecule has 2 aliphatic rings. The maximum atomic E-state index is 6.15. The van der Waals surface area contributed by atoms with Gasteiger partial charge in [-0.05, 0) is 26.3 Å². The quantitative estimate of drug-likeness (QED) is 0.772. The zero-order chi connectivity index (χ0) is 10.9. The third kappa shape index (κ3) is 2.19. The summed E-state index contributed by atoms with van der Waals surface area (Å²) < 4.78 is 11.5. The van der Waals surface area contributed by atoms with Gasteiger partial charge in [-0.1, -0.05) is 13.8 Å². The zero-order valence-corrected chi connectivity index (χ0v) is 10.1. The molecular weight excluding hydrogens is 190 g/mol. The SMILES string of the molecule is CNC1CC(OC2CCOCC2)C1(C)C. The third-order valence-corrected chi connectivity index (χ3v) is 4.05. The highest BCUT2D eigenvalue weighted by Crippen LogP contribution is 2.43. The van der Waals surface area contributed by atoms with Crippen LogP contribution in [0.1, 0.15) is 33.1 Å². The first-order valence-electron chi connectivity index (χ1n) is 6.05. The van der Waals surface area contributed by atoms with Gasteiger partial charge >= 0.3 is 0 Å². The summed E-state index contributed by atoms with van der Waals surface area (Å²) in [7, 11) is 2.04. The largest absolute Gasteiger partial charge is 0.381 e. The van der Waals surface area contributed by atoms with Crippen molar-refractivity contribution in [2.45, 2.75) is 51.4 Å². The van der Waals surface area contributed by atoms with Crippen molar-refractivity contribution in [1.29, 1.82) is 0 Å². The summed E-state index contributed by atoms with van der Waals surface area (Å²) in [6.07, 6.45) is 4.15. The summed E-state index contributed by atoms with van der Waals surface area (Å²) in [6.45, 7) is 6.32. The molecule has 0 bridgehead atoms. The average molecular weight is 213 g/mol. The van der Waals surface area contributed by atoms with E-state index in [1.165, 1.54) is 0 Å². The van der Waals surface area contributed by atoms with Crippen molar-refractivity contribution in [3.8, 4) is 0 Å². The van der Waals surface area contributed by atoms with E-state index in [4.69, 9.17) is 9.47 Å². The fourth-order valence-electron chi connectivity index (χ4n) is 2.65. The topological polar surface area (TPSA) is 30.5 Å². The number of hydrogen-bond acceptors (Lipinski definition) is 3. The smallest absolute Gasteiger partial charge is 0.0659 e. The lowest BCUT2D eigenvalue weighted by atomic mass is 9.64. The predicted molar refractivity (Wildman–Crippen MR) is 60.0 cm³/mol. The fourth-order valence-corrected chi connectivity index (χ4v) is 2.65. The first-order valence-corrected chi connectivity index (χ1v) is 6.05. The molecule has 0 aromatic carbocycles. The van der Waals surface area contributed by atoms with E-state index in [0.29, 0.717) is 18.2 Å². The Morgan fingerprint density at radius 2 is 1.93 bits per heavy atom. The van der Waals surface area contributed by atoms with Crippen molar-refractivity contribution >= 4 is 0 Å². The number of nitrogens with one attached hydrogen (secondary N) is 1. The molecule has 1 aliphatic carbocycles. The van der Waals surface area contributed by atoms with Crippen LogP contribution in [0.25, 0.3) is 0 Å². The highest BCUT2D eigenvalue weighted by Gasteiger charge is 2.48. The Kier molecular flexibility index (Phi) is 3.33. The van der Waals surface area contributed by atoms with Gasteiger partial charge in [0.1, 0.15) is 0 Å². The summed E-state index contributed by atoms with van der Waals surface area (Å²) in [5, 5.41) is 3.35. The van der Waals surface area contributed by atoms with Gasteiger partial charge in [0, 0.05) is 24.7 Å². The third-order valence-electron chi connectivity index (χ3n) is 4.05. The second-order valence-corrected chi connectivity index (χ2v) is 5.33. The van der Waals surface area contributed by atoms with E-state index in [9.17, 15) is 0 Å². The zero-order valence-electron chi connectivity index (χ0n) is 10.1. The van der Waals surface area contributed by atoms with E-state index in [1.54, 1.807) is 0 Å². The molecule has 3 nitrogen and oxygen atoms in total. The lowest BCUT2D eigenvalue weighted by Gasteiger charge is -2.52. The van der Waals surface area contributed by atoms with Crippen LogP contribution < -0.4 is 5.32 Å². The molecule has 1 saturated heterocycles. The molecule has 0 aromatic heterocycles.